The molecule has 0 saturated carbocycles. The van der Waals surface area contributed by atoms with E-state index in [0.29, 0.717) is 17.3 Å². The van der Waals surface area contributed by atoms with E-state index in [1.165, 1.54) is 24.3 Å². The highest BCUT2D eigenvalue weighted by atomic mass is 32.2. The number of nitrogens with two attached hydrogens (primary N) is 1. The minimum atomic E-state index is -3.78. The molecule has 0 unspecified atom stereocenters. The lowest BCUT2D eigenvalue weighted by atomic mass is 10.2. The average molecular weight is 405 g/mol. The molecule has 2 aromatic rings. The second-order valence-electron chi connectivity index (χ2n) is 6.48. The average Bonchev–Trinajstić information content (AvgIpc) is 3.19. The maximum absolute atomic E-state index is 12.1. The molecule has 9 nitrogen and oxygen atoms in total. The number of benzene rings is 1. The third-order valence-electron chi connectivity index (χ3n) is 4.31. The summed E-state index contributed by atoms with van der Waals surface area (Å²) in [5.74, 6) is 1.64. The number of rotatable bonds is 7. The van der Waals surface area contributed by atoms with Crippen LogP contribution in [-0.4, -0.2) is 50.5 Å². The molecule has 0 radical (unpaired) electrons. The number of sulfonamides is 1. The summed E-state index contributed by atoms with van der Waals surface area (Å²) < 4.78 is 28.1. The lowest BCUT2D eigenvalue weighted by Gasteiger charge is -2.17. The van der Waals surface area contributed by atoms with Gasteiger partial charge in [0.25, 0.3) is 5.91 Å². The zero-order chi connectivity index (χ0) is 20.1. The molecule has 1 saturated heterocycles. The summed E-state index contributed by atoms with van der Waals surface area (Å²) in [5, 5.41) is 7.75. The van der Waals surface area contributed by atoms with Crippen molar-refractivity contribution in [3.63, 3.8) is 0 Å². The van der Waals surface area contributed by atoms with Crippen LogP contribution >= 0.6 is 0 Å². The largest absolute Gasteiger partial charge is 0.476 e. The van der Waals surface area contributed by atoms with E-state index in [2.05, 4.69) is 20.2 Å². The van der Waals surface area contributed by atoms with Crippen LogP contribution in [0, 0.1) is 6.92 Å². The van der Waals surface area contributed by atoms with Crippen LogP contribution < -0.4 is 20.1 Å². The molecule has 1 aliphatic rings. The Morgan fingerprint density at radius 2 is 1.89 bits per heavy atom. The van der Waals surface area contributed by atoms with Gasteiger partial charge in [0, 0.05) is 24.7 Å². The van der Waals surface area contributed by atoms with Crippen LogP contribution in [-0.2, 0) is 10.0 Å². The molecule has 0 atom stereocenters. The fourth-order valence-corrected chi connectivity index (χ4v) is 3.44. The first-order valence-corrected chi connectivity index (χ1v) is 10.5. The Morgan fingerprint density at radius 1 is 1.21 bits per heavy atom. The molecular weight excluding hydrogens is 382 g/mol. The van der Waals surface area contributed by atoms with Gasteiger partial charge in [0.1, 0.15) is 18.2 Å². The minimum absolute atomic E-state index is 0.0414. The van der Waals surface area contributed by atoms with Crippen molar-refractivity contribution in [1.29, 1.82) is 0 Å². The second-order valence-corrected chi connectivity index (χ2v) is 8.04. The van der Waals surface area contributed by atoms with Crippen LogP contribution in [0.25, 0.3) is 0 Å². The Labute approximate surface area is 164 Å². The minimum Gasteiger partial charge on any atom is -0.476 e. The normalized spacial score (nSPS) is 14.1. The molecule has 1 aromatic heterocycles. The number of aryl methyl sites for hydroxylation is 1. The Bertz CT molecular complexity index is 941. The molecule has 3 N–H and O–H groups in total. The third kappa shape index (κ3) is 5.17. The van der Waals surface area contributed by atoms with Crippen LogP contribution in [0.2, 0.25) is 0 Å². The van der Waals surface area contributed by atoms with Crippen molar-refractivity contribution in [2.75, 3.05) is 31.1 Å². The number of aromatic nitrogens is 2. The van der Waals surface area contributed by atoms with E-state index in [-0.39, 0.29) is 24.0 Å². The van der Waals surface area contributed by atoms with E-state index in [0.717, 1.165) is 31.7 Å². The summed E-state index contributed by atoms with van der Waals surface area (Å²) in [7, 11) is -3.78. The smallest absolute Gasteiger partial charge is 0.251 e. The van der Waals surface area contributed by atoms with Crippen LogP contribution in [0.4, 0.5) is 5.82 Å². The van der Waals surface area contributed by atoms with Gasteiger partial charge in [-0.05, 0) is 44.0 Å². The van der Waals surface area contributed by atoms with Crippen molar-refractivity contribution in [3.05, 3.63) is 41.7 Å². The van der Waals surface area contributed by atoms with E-state index in [9.17, 15) is 13.2 Å². The van der Waals surface area contributed by atoms with E-state index < -0.39 is 10.0 Å². The van der Waals surface area contributed by atoms with Crippen molar-refractivity contribution < 1.29 is 17.9 Å². The van der Waals surface area contributed by atoms with Gasteiger partial charge in [-0.1, -0.05) is 0 Å². The van der Waals surface area contributed by atoms with Gasteiger partial charge < -0.3 is 15.0 Å². The van der Waals surface area contributed by atoms with Gasteiger partial charge in [0.15, 0.2) is 0 Å². The molecule has 3 rings (SSSR count). The number of amides is 1. The van der Waals surface area contributed by atoms with Gasteiger partial charge >= 0.3 is 0 Å². The highest BCUT2D eigenvalue weighted by molar-refractivity contribution is 7.89. The molecule has 0 spiro atoms. The summed E-state index contributed by atoms with van der Waals surface area (Å²) in [6, 6.07) is 7.22. The van der Waals surface area contributed by atoms with Crippen molar-refractivity contribution in [2.45, 2.75) is 24.7 Å². The SMILES string of the molecule is Cc1nc(OCCNC(=O)c2ccc(S(N)(=O)=O)cc2)cc(N2CCCC2)n1. The number of nitrogens with one attached hydrogen (secondary N) is 1. The number of anilines is 1. The standard InChI is InChI=1S/C18H23N5O4S/c1-13-21-16(23-9-2-3-10-23)12-17(22-13)27-11-8-20-18(24)14-4-6-15(7-5-14)28(19,25)26/h4-7,12H,2-3,8-11H2,1H3,(H,20,24)(H2,19,25,26). The molecule has 0 aliphatic carbocycles. The number of hydrogen-bond donors (Lipinski definition) is 2. The molecular formula is C18H23N5O4S. The summed E-state index contributed by atoms with van der Waals surface area (Å²) in [6.45, 7) is 4.31. The fraction of sp³-hybridized carbons (Fsp3) is 0.389. The van der Waals surface area contributed by atoms with E-state index in [4.69, 9.17) is 9.88 Å². The topological polar surface area (TPSA) is 128 Å². The Hall–Kier alpha value is -2.72. The number of carbonyl (C=O) groups excluding carboxylic acids is 1. The fourth-order valence-electron chi connectivity index (χ4n) is 2.93. The summed E-state index contributed by atoms with van der Waals surface area (Å²) >= 11 is 0. The molecule has 1 amide bonds. The molecule has 1 fully saturated rings. The van der Waals surface area contributed by atoms with Crippen LogP contribution in [0.1, 0.15) is 29.0 Å². The molecule has 28 heavy (non-hydrogen) atoms. The first kappa shape index (κ1) is 20.0. The predicted octanol–water partition coefficient (Wildman–Crippen LogP) is 0.841. The first-order chi connectivity index (χ1) is 13.3. The van der Waals surface area contributed by atoms with Gasteiger partial charge in [-0.2, -0.15) is 4.98 Å². The summed E-state index contributed by atoms with van der Waals surface area (Å²) in [5.41, 5.74) is 0.335. The Morgan fingerprint density at radius 3 is 2.54 bits per heavy atom. The lowest BCUT2D eigenvalue weighted by molar-refractivity contribution is 0.0946. The second kappa shape index (κ2) is 8.53. The monoisotopic (exact) mass is 405 g/mol. The zero-order valence-corrected chi connectivity index (χ0v) is 16.4. The van der Waals surface area contributed by atoms with E-state index >= 15 is 0 Å². The summed E-state index contributed by atoms with van der Waals surface area (Å²) in [4.78, 5) is 23.0. The van der Waals surface area contributed by atoms with Crippen LogP contribution in [0.15, 0.2) is 35.2 Å². The molecule has 2 heterocycles. The van der Waals surface area contributed by atoms with Gasteiger partial charge in [0.2, 0.25) is 15.9 Å². The zero-order valence-electron chi connectivity index (χ0n) is 15.6. The molecule has 1 aliphatic heterocycles. The Balaban J connectivity index is 1.51. The van der Waals surface area contributed by atoms with Crippen LogP contribution in [0.3, 0.4) is 0 Å². The van der Waals surface area contributed by atoms with Gasteiger partial charge in [-0.15, -0.1) is 0 Å². The third-order valence-corrected chi connectivity index (χ3v) is 5.24. The Kier molecular flexibility index (Phi) is 6.10. The summed E-state index contributed by atoms with van der Waals surface area (Å²) in [6.07, 6.45) is 2.31. The number of nitrogens with zero attached hydrogens (tertiary/aromatic N) is 3. The molecule has 1 aromatic carbocycles. The van der Waals surface area contributed by atoms with Crippen molar-refractivity contribution >= 4 is 21.7 Å². The van der Waals surface area contributed by atoms with Crippen molar-refractivity contribution in [1.82, 2.24) is 15.3 Å². The molecule has 10 heteroatoms. The predicted molar refractivity (Wildman–Crippen MR) is 104 cm³/mol. The van der Waals surface area contributed by atoms with Gasteiger partial charge in [-0.25, -0.2) is 18.5 Å². The van der Waals surface area contributed by atoms with Gasteiger partial charge in [-0.3, -0.25) is 4.79 Å². The molecule has 150 valence electrons. The van der Waals surface area contributed by atoms with Crippen molar-refractivity contribution in [3.8, 4) is 5.88 Å². The van der Waals surface area contributed by atoms with Crippen molar-refractivity contribution in [2.24, 2.45) is 5.14 Å². The number of ether oxygens (including phenoxy) is 1. The highest BCUT2D eigenvalue weighted by Crippen LogP contribution is 2.21. The lowest BCUT2D eigenvalue weighted by Crippen LogP contribution is -2.28. The highest BCUT2D eigenvalue weighted by Gasteiger charge is 2.15. The number of carbonyl (C=O) groups is 1. The quantitative estimate of drug-likeness (QED) is 0.653. The number of primary sulfonamides is 1. The van der Waals surface area contributed by atoms with Gasteiger partial charge in [0.05, 0.1) is 11.4 Å². The maximum Gasteiger partial charge on any atom is 0.251 e. The molecule has 0 bridgehead atoms. The van der Waals surface area contributed by atoms with Crippen LogP contribution in [0.5, 0.6) is 5.88 Å². The van der Waals surface area contributed by atoms with E-state index in [1.54, 1.807) is 0 Å². The maximum atomic E-state index is 12.1. The van der Waals surface area contributed by atoms with E-state index in [1.807, 2.05) is 13.0 Å². The first-order valence-electron chi connectivity index (χ1n) is 8.97. The number of hydrogen-bond acceptors (Lipinski definition) is 7.